The third-order valence-electron chi connectivity index (χ3n) is 6.30. The van der Waals surface area contributed by atoms with Gasteiger partial charge >= 0.3 is 5.97 Å². The van der Waals surface area contributed by atoms with Crippen LogP contribution in [0.15, 0.2) is 11.8 Å². The van der Waals surface area contributed by atoms with Crippen molar-refractivity contribution in [1.29, 1.82) is 0 Å². The molecule has 0 spiro atoms. The first kappa shape index (κ1) is 25.4. The molecule has 4 nitrogen and oxygen atoms in total. The largest absolute Gasteiger partial charge is 0.462 e. The van der Waals surface area contributed by atoms with E-state index >= 15 is 0 Å². The first-order chi connectivity index (χ1) is 14.5. The zero-order valence-electron chi connectivity index (χ0n) is 20.5. The first-order valence-corrected chi connectivity index (χ1v) is 14.3. The maximum atomic E-state index is 13.4. The average molecular weight is 460 g/mol. The highest BCUT2D eigenvalue weighted by Gasteiger charge is 2.42. The van der Waals surface area contributed by atoms with Crippen LogP contribution in [0, 0.1) is 11.5 Å². The Morgan fingerprint density at radius 3 is 2.19 bits per heavy atom. The molecule has 0 saturated carbocycles. The van der Waals surface area contributed by atoms with Crippen LogP contribution in [-0.4, -0.2) is 45.4 Å². The fourth-order valence-corrected chi connectivity index (χ4v) is 11.4. The minimum Gasteiger partial charge on any atom is -0.462 e. The SMILES string of the molecule is CCOC(=O)c1sc(C#C[Si](C(C)C)(C(C)C)C(C)C)c2c1CC/C(=C\N(C)C)C2=O. The van der Waals surface area contributed by atoms with E-state index in [0.29, 0.717) is 46.5 Å². The maximum Gasteiger partial charge on any atom is 0.348 e. The Hall–Kier alpha value is -1.84. The summed E-state index contributed by atoms with van der Waals surface area (Å²) in [6.45, 7) is 15.8. The number of esters is 1. The van der Waals surface area contributed by atoms with Crippen molar-refractivity contribution >= 4 is 31.2 Å². The third-order valence-corrected chi connectivity index (χ3v) is 13.7. The molecule has 1 aromatic heterocycles. The van der Waals surface area contributed by atoms with Crippen molar-refractivity contribution in [3.63, 3.8) is 0 Å². The van der Waals surface area contributed by atoms with E-state index in [9.17, 15) is 9.59 Å². The number of hydrogen-bond donors (Lipinski definition) is 0. The minimum absolute atomic E-state index is 0.00282. The summed E-state index contributed by atoms with van der Waals surface area (Å²) < 4.78 is 5.29. The highest BCUT2D eigenvalue weighted by molar-refractivity contribution is 7.15. The molecule has 170 valence electrons. The highest BCUT2D eigenvalue weighted by atomic mass is 32.1. The zero-order chi connectivity index (χ0) is 23.5. The molecule has 0 unspecified atom stereocenters. The van der Waals surface area contributed by atoms with Gasteiger partial charge in [0.2, 0.25) is 0 Å². The summed E-state index contributed by atoms with van der Waals surface area (Å²) in [5.41, 5.74) is 7.44. The standard InChI is InChI=1S/C25H37NO3SSi/c1-10-29-25(28)24-20-12-11-19(15-26(8)9)23(27)22(20)21(30-24)13-14-31(16(2)3,17(4)5)18(6)7/h15-18H,10-12H2,1-9H3/b19-15+. The Bertz CT molecular complexity index is 907. The van der Waals surface area contributed by atoms with Crippen molar-refractivity contribution in [3.8, 4) is 11.5 Å². The summed E-state index contributed by atoms with van der Waals surface area (Å²) in [4.78, 5) is 29.2. The molecule has 0 aromatic carbocycles. The molecule has 1 aromatic rings. The summed E-state index contributed by atoms with van der Waals surface area (Å²) in [5.74, 6) is 3.09. The second kappa shape index (κ2) is 10.2. The quantitative estimate of drug-likeness (QED) is 0.224. The van der Waals surface area contributed by atoms with E-state index in [1.54, 1.807) is 6.92 Å². The molecule has 1 aliphatic rings. The average Bonchev–Trinajstić information content (AvgIpc) is 3.03. The molecule has 0 atom stereocenters. The molecule has 0 saturated heterocycles. The van der Waals surface area contributed by atoms with E-state index < -0.39 is 8.07 Å². The molecular formula is C25H37NO3SSi. The van der Waals surface area contributed by atoms with Crippen molar-refractivity contribution in [2.24, 2.45) is 0 Å². The predicted molar refractivity (Wildman–Crippen MR) is 133 cm³/mol. The molecule has 31 heavy (non-hydrogen) atoms. The van der Waals surface area contributed by atoms with Gasteiger partial charge in [0, 0.05) is 25.9 Å². The lowest BCUT2D eigenvalue weighted by molar-refractivity contribution is 0.0531. The topological polar surface area (TPSA) is 46.6 Å². The van der Waals surface area contributed by atoms with Crippen LogP contribution in [-0.2, 0) is 11.2 Å². The van der Waals surface area contributed by atoms with Gasteiger partial charge in [-0.1, -0.05) is 47.5 Å². The predicted octanol–water partition coefficient (Wildman–Crippen LogP) is 6.07. The lowest BCUT2D eigenvalue weighted by atomic mass is 9.87. The molecule has 0 amide bonds. The fourth-order valence-electron chi connectivity index (χ4n) is 4.96. The molecule has 6 heteroatoms. The van der Waals surface area contributed by atoms with Gasteiger partial charge in [0.05, 0.1) is 17.0 Å². The van der Waals surface area contributed by atoms with E-state index in [-0.39, 0.29) is 11.8 Å². The number of Topliss-reactive ketones (excluding diaryl/α,β-unsaturated/α-hetero) is 1. The van der Waals surface area contributed by atoms with Crippen molar-refractivity contribution in [3.05, 3.63) is 32.7 Å². The monoisotopic (exact) mass is 459 g/mol. The Balaban J connectivity index is 2.71. The molecule has 0 N–H and O–H groups in total. The molecule has 0 fully saturated rings. The van der Waals surface area contributed by atoms with E-state index in [0.717, 1.165) is 16.0 Å². The number of fused-ring (bicyclic) bond motifs is 1. The highest BCUT2D eigenvalue weighted by Crippen LogP contribution is 2.42. The Morgan fingerprint density at radius 1 is 1.13 bits per heavy atom. The van der Waals surface area contributed by atoms with E-state index in [1.165, 1.54) is 11.3 Å². The number of thiophene rings is 1. The van der Waals surface area contributed by atoms with Gasteiger partial charge in [-0.25, -0.2) is 4.79 Å². The van der Waals surface area contributed by atoms with Gasteiger partial charge in [-0.15, -0.1) is 16.9 Å². The van der Waals surface area contributed by atoms with Crippen molar-refractivity contribution in [2.45, 2.75) is 77.9 Å². The van der Waals surface area contributed by atoms with Crippen LogP contribution in [0.3, 0.4) is 0 Å². The van der Waals surface area contributed by atoms with Crippen LogP contribution in [0.25, 0.3) is 0 Å². The normalized spacial score (nSPS) is 15.4. The summed E-state index contributed by atoms with van der Waals surface area (Å²) in [6, 6.07) is 0. The number of rotatable bonds is 6. The van der Waals surface area contributed by atoms with Gasteiger partial charge in [-0.3, -0.25) is 4.79 Å². The molecule has 0 bridgehead atoms. The van der Waals surface area contributed by atoms with Crippen molar-refractivity contribution < 1.29 is 14.3 Å². The maximum absolute atomic E-state index is 13.4. The van der Waals surface area contributed by atoms with E-state index in [4.69, 9.17) is 4.74 Å². The Kier molecular flexibility index (Phi) is 8.35. The first-order valence-electron chi connectivity index (χ1n) is 11.2. The van der Waals surface area contributed by atoms with Crippen LogP contribution < -0.4 is 0 Å². The molecular weight excluding hydrogens is 422 g/mol. The second-order valence-electron chi connectivity index (χ2n) is 9.43. The van der Waals surface area contributed by atoms with E-state index in [2.05, 4.69) is 53.0 Å². The third kappa shape index (κ3) is 4.99. The fraction of sp³-hybridized carbons (Fsp3) is 0.600. The van der Waals surface area contributed by atoms with Crippen molar-refractivity contribution in [2.75, 3.05) is 20.7 Å². The number of carbonyl (C=O) groups is 2. The summed E-state index contributed by atoms with van der Waals surface area (Å²) in [7, 11) is 1.88. The number of carbonyl (C=O) groups excluding carboxylic acids is 2. The Morgan fingerprint density at radius 2 is 1.71 bits per heavy atom. The zero-order valence-corrected chi connectivity index (χ0v) is 22.3. The summed E-state index contributed by atoms with van der Waals surface area (Å²) in [5, 5.41) is 0. The summed E-state index contributed by atoms with van der Waals surface area (Å²) in [6.07, 6.45) is 3.18. The number of nitrogens with zero attached hydrogens (tertiary/aromatic N) is 1. The van der Waals surface area contributed by atoms with Gasteiger partial charge in [0.25, 0.3) is 0 Å². The van der Waals surface area contributed by atoms with Gasteiger partial charge in [0.15, 0.2) is 5.78 Å². The van der Waals surface area contributed by atoms with Crippen LogP contribution in [0.4, 0.5) is 0 Å². The van der Waals surface area contributed by atoms with Gasteiger partial charge < -0.3 is 9.64 Å². The number of hydrogen-bond acceptors (Lipinski definition) is 5. The molecule has 2 rings (SSSR count). The van der Waals surface area contributed by atoms with Crippen molar-refractivity contribution in [1.82, 2.24) is 4.90 Å². The van der Waals surface area contributed by atoms with Gasteiger partial charge in [0.1, 0.15) is 13.0 Å². The Labute approximate surface area is 193 Å². The van der Waals surface area contributed by atoms with Crippen LogP contribution in [0.1, 0.15) is 85.4 Å². The van der Waals surface area contributed by atoms with Crippen LogP contribution in [0.2, 0.25) is 16.6 Å². The minimum atomic E-state index is -1.96. The van der Waals surface area contributed by atoms with Gasteiger partial charge in [-0.2, -0.15) is 0 Å². The number of allylic oxidation sites excluding steroid dienone is 1. The lowest BCUT2D eigenvalue weighted by Gasteiger charge is -2.38. The van der Waals surface area contributed by atoms with E-state index in [1.807, 2.05) is 25.2 Å². The molecule has 0 aliphatic heterocycles. The number of ether oxygens (including phenoxy) is 1. The lowest BCUT2D eigenvalue weighted by Crippen LogP contribution is -2.43. The molecule has 0 radical (unpaired) electrons. The summed E-state index contributed by atoms with van der Waals surface area (Å²) >= 11 is 1.34. The molecule has 1 heterocycles. The van der Waals surface area contributed by atoms with Crippen LogP contribution >= 0.6 is 11.3 Å². The second-order valence-corrected chi connectivity index (χ2v) is 16.0. The smallest absolute Gasteiger partial charge is 0.348 e. The van der Waals surface area contributed by atoms with Crippen LogP contribution in [0.5, 0.6) is 0 Å². The van der Waals surface area contributed by atoms with Gasteiger partial charge in [-0.05, 0) is 42.0 Å². The molecule has 1 aliphatic carbocycles. The number of ketones is 1.